The summed E-state index contributed by atoms with van der Waals surface area (Å²) in [5.41, 5.74) is 3.17. The fraction of sp³-hybridized carbons (Fsp3) is 0.333. The first-order chi connectivity index (χ1) is 6.72. The molecule has 1 aromatic carbocycles. The van der Waals surface area contributed by atoms with Gasteiger partial charge in [0.05, 0.1) is 0 Å². The lowest BCUT2D eigenvalue weighted by Crippen LogP contribution is -2.15. The Morgan fingerprint density at radius 3 is 3.00 bits per heavy atom. The lowest BCUT2D eigenvalue weighted by atomic mass is 10.1. The number of ether oxygens (including phenoxy) is 2. The zero-order valence-electron chi connectivity index (χ0n) is 8.54. The Labute approximate surface area is 84.2 Å². The van der Waals surface area contributed by atoms with Crippen molar-refractivity contribution in [3.63, 3.8) is 0 Å². The highest BCUT2D eigenvalue weighted by Crippen LogP contribution is 2.37. The monoisotopic (exact) mass is 190 g/mol. The van der Waals surface area contributed by atoms with Gasteiger partial charge in [-0.3, -0.25) is 0 Å². The number of benzene rings is 1. The van der Waals surface area contributed by atoms with E-state index in [9.17, 15) is 0 Å². The number of rotatable bonds is 2. The van der Waals surface area contributed by atoms with Crippen LogP contribution in [0.5, 0.6) is 5.75 Å². The van der Waals surface area contributed by atoms with Crippen molar-refractivity contribution in [1.82, 2.24) is 0 Å². The van der Waals surface area contributed by atoms with E-state index < -0.39 is 0 Å². The maximum atomic E-state index is 5.62. The van der Waals surface area contributed by atoms with Gasteiger partial charge in [0.1, 0.15) is 5.75 Å². The molecule has 2 nitrogen and oxygen atoms in total. The number of hydrogen-bond donors (Lipinski definition) is 0. The number of aryl methyl sites for hydroxylation is 1. The van der Waals surface area contributed by atoms with Gasteiger partial charge in [-0.05, 0) is 25.5 Å². The molecular weight excluding hydrogens is 176 g/mol. The molecule has 1 unspecified atom stereocenters. The predicted molar refractivity (Wildman–Crippen MR) is 56.3 cm³/mol. The average Bonchev–Trinajstić information content (AvgIpc) is 2.44. The summed E-state index contributed by atoms with van der Waals surface area (Å²) >= 11 is 0. The molecule has 0 N–H and O–H groups in total. The summed E-state index contributed by atoms with van der Waals surface area (Å²) in [4.78, 5) is 0. The molecule has 0 saturated carbocycles. The van der Waals surface area contributed by atoms with Crippen LogP contribution in [0.15, 0.2) is 24.8 Å². The van der Waals surface area contributed by atoms with Crippen LogP contribution in [-0.4, -0.2) is 12.9 Å². The lowest BCUT2D eigenvalue weighted by Gasteiger charge is -2.10. The Balaban J connectivity index is 2.31. The van der Waals surface area contributed by atoms with E-state index in [-0.39, 0.29) is 6.29 Å². The summed E-state index contributed by atoms with van der Waals surface area (Å²) in [6.45, 7) is 8.60. The summed E-state index contributed by atoms with van der Waals surface area (Å²) in [6, 6.07) is 6.10. The molecule has 0 spiro atoms. The van der Waals surface area contributed by atoms with Gasteiger partial charge in [0.25, 0.3) is 0 Å². The Bertz CT molecular complexity index is 369. The molecule has 2 rings (SSSR count). The van der Waals surface area contributed by atoms with E-state index in [0.29, 0.717) is 6.61 Å². The van der Waals surface area contributed by atoms with Crippen molar-refractivity contribution in [3.8, 4) is 5.75 Å². The zero-order valence-corrected chi connectivity index (χ0v) is 8.54. The molecule has 0 aliphatic carbocycles. The Kier molecular flexibility index (Phi) is 2.30. The SMILES string of the molecule is C=C1c2ccc(C)cc2OC1OCC. The van der Waals surface area contributed by atoms with Gasteiger partial charge in [0.15, 0.2) is 0 Å². The smallest absolute Gasteiger partial charge is 0.226 e. The van der Waals surface area contributed by atoms with Crippen molar-refractivity contribution in [2.24, 2.45) is 0 Å². The van der Waals surface area contributed by atoms with Crippen LogP contribution < -0.4 is 4.74 Å². The van der Waals surface area contributed by atoms with Gasteiger partial charge in [-0.15, -0.1) is 0 Å². The van der Waals surface area contributed by atoms with E-state index in [4.69, 9.17) is 9.47 Å². The van der Waals surface area contributed by atoms with Crippen molar-refractivity contribution in [2.75, 3.05) is 6.61 Å². The fourth-order valence-corrected chi connectivity index (χ4v) is 1.59. The van der Waals surface area contributed by atoms with Crippen LogP contribution >= 0.6 is 0 Å². The van der Waals surface area contributed by atoms with Crippen molar-refractivity contribution in [1.29, 1.82) is 0 Å². The summed E-state index contributed by atoms with van der Waals surface area (Å²) < 4.78 is 11.0. The van der Waals surface area contributed by atoms with Crippen LogP contribution in [0, 0.1) is 6.92 Å². The first kappa shape index (κ1) is 9.28. The molecule has 1 aliphatic rings. The zero-order chi connectivity index (χ0) is 10.1. The second-order valence-corrected chi connectivity index (χ2v) is 3.43. The molecule has 0 fully saturated rings. The normalized spacial score (nSPS) is 19.3. The van der Waals surface area contributed by atoms with Crippen molar-refractivity contribution in [3.05, 3.63) is 35.9 Å². The molecule has 0 bridgehead atoms. The molecule has 0 amide bonds. The predicted octanol–water partition coefficient (Wildman–Crippen LogP) is 2.76. The van der Waals surface area contributed by atoms with Crippen LogP contribution in [0.3, 0.4) is 0 Å². The standard InChI is InChI=1S/C12H14O2/c1-4-13-12-9(3)10-6-5-8(2)7-11(10)14-12/h5-7,12H,3-4H2,1-2H3. The van der Waals surface area contributed by atoms with Crippen LogP contribution in [0.1, 0.15) is 18.1 Å². The highest BCUT2D eigenvalue weighted by Gasteiger charge is 2.26. The molecule has 1 heterocycles. The number of hydrogen-bond acceptors (Lipinski definition) is 2. The highest BCUT2D eigenvalue weighted by atomic mass is 16.7. The van der Waals surface area contributed by atoms with Crippen LogP contribution in [0.25, 0.3) is 5.57 Å². The van der Waals surface area contributed by atoms with E-state index in [1.165, 1.54) is 5.56 Å². The maximum absolute atomic E-state index is 5.62. The molecule has 2 heteroatoms. The van der Waals surface area contributed by atoms with Crippen LogP contribution in [0.2, 0.25) is 0 Å². The molecule has 74 valence electrons. The third-order valence-electron chi connectivity index (χ3n) is 2.32. The summed E-state index contributed by atoms with van der Waals surface area (Å²) in [5, 5.41) is 0. The van der Waals surface area contributed by atoms with E-state index in [1.807, 2.05) is 26.0 Å². The average molecular weight is 190 g/mol. The van der Waals surface area contributed by atoms with E-state index in [1.54, 1.807) is 0 Å². The van der Waals surface area contributed by atoms with Crippen molar-refractivity contribution in [2.45, 2.75) is 20.1 Å². The minimum absolute atomic E-state index is 0.295. The maximum Gasteiger partial charge on any atom is 0.226 e. The van der Waals surface area contributed by atoms with Gasteiger partial charge in [0.2, 0.25) is 6.29 Å². The van der Waals surface area contributed by atoms with Crippen LogP contribution in [-0.2, 0) is 4.74 Å². The molecule has 0 saturated heterocycles. The molecular formula is C12H14O2. The molecule has 1 atom stereocenters. The lowest BCUT2D eigenvalue weighted by molar-refractivity contribution is -0.0244. The van der Waals surface area contributed by atoms with Gasteiger partial charge in [-0.1, -0.05) is 18.7 Å². The second-order valence-electron chi connectivity index (χ2n) is 3.43. The summed E-state index contributed by atoms with van der Waals surface area (Å²) in [7, 11) is 0. The third kappa shape index (κ3) is 1.42. The largest absolute Gasteiger partial charge is 0.460 e. The quantitative estimate of drug-likeness (QED) is 0.714. The van der Waals surface area contributed by atoms with Crippen molar-refractivity contribution < 1.29 is 9.47 Å². The third-order valence-corrected chi connectivity index (χ3v) is 2.32. The van der Waals surface area contributed by atoms with Crippen molar-refractivity contribution >= 4 is 5.57 Å². The van der Waals surface area contributed by atoms with E-state index in [2.05, 4.69) is 12.6 Å². The summed E-state index contributed by atoms with van der Waals surface area (Å²) in [5.74, 6) is 0.883. The highest BCUT2D eigenvalue weighted by molar-refractivity contribution is 5.74. The minimum Gasteiger partial charge on any atom is -0.460 e. The van der Waals surface area contributed by atoms with Gasteiger partial charge < -0.3 is 9.47 Å². The second kappa shape index (κ2) is 3.46. The summed E-state index contributed by atoms with van der Waals surface area (Å²) in [6.07, 6.45) is -0.295. The molecule has 1 aliphatic heterocycles. The number of fused-ring (bicyclic) bond motifs is 1. The van der Waals surface area contributed by atoms with Crippen LogP contribution in [0.4, 0.5) is 0 Å². The topological polar surface area (TPSA) is 18.5 Å². The van der Waals surface area contributed by atoms with E-state index >= 15 is 0 Å². The Hall–Kier alpha value is -1.28. The Morgan fingerprint density at radius 2 is 2.29 bits per heavy atom. The van der Waals surface area contributed by atoms with E-state index in [0.717, 1.165) is 16.9 Å². The first-order valence-electron chi connectivity index (χ1n) is 4.80. The molecule has 0 aromatic heterocycles. The van der Waals surface area contributed by atoms with Gasteiger partial charge in [0, 0.05) is 17.7 Å². The Morgan fingerprint density at radius 1 is 1.50 bits per heavy atom. The molecule has 1 aromatic rings. The minimum atomic E-state index is -0.295. The van der Waals surface area contributed by atoms with Gasteiger partial charge >= 0.3 is 0 Å². The van der Waals surface area contributed by atoms with Gasteiger partial charge in [-0.2, -0.15) is 0 Å². The molecule has 0 radical (unpaired) electrons. The fourth-order valence-electron chi connectivity index (χ4n) is 1.59. The van der Waals surface area contributed by atoms with Gasteiger partial charge in [-0.25, -0.2) is 0 Å². The molecule has 14 heavy (non-hydrogen) atoms. The first-order valence-corrected chi connectivity index (χ1v) is 4.80.